The van der Waals surface area contributed by atoms with Crippen molar-refractivity contribution in [3.8, 4) is 0 Å². The molecule has 3 aliphatic rings. The molecule has 0 unspecified atom stereocenters. The topological polar surface area (TPSA) is 88.4 Å². The molecule has 0 N–H and O–H groups in total. The van der Waals surface area contributed by atoms with Gasteiger partial charge in [-0.25, -0.2) is 0 Å². The zero-order chi connectivity index (χ0) is 20.8. The van der Waals surface area contributed by atoms with Gasteiger partial charge in [0, 0.05) is 44.6 Å². The number of aryl methyl sites for hydroxylation is 1. The van der Waals surface area contributed by atoms with Gasteiger partial charge in [0.2, 0.25) is 0 Å². The number of rotatable bonds is 2. The normalized spacial score (nSPS) is 21.4. The van der Waals surface area contributed by atoms with Crippen molar-refractivity contribution < 1.29 is 14.4 Å². The lowest BCUT2D eigenvalue weighted by atomic mass is 9.96. The zero-order valence-electron chi connectivity index (χ0n) is 17.1. The van der Waals surface area contributed by atoms with Gasteiger partial charge in [-0.2, -0.15) is 0 Å². The molecule has 8 heteroatoms. The molecular weight excluding hydrogens is 382 g/mol. The number of likely N-dealkylation sites (tertiary alicyclic amines) is 1. The summed E-state index contributed by atoms with van der Waals surface area (Å²) in [6, 6.07) is 4.80. The molecule has 0 saturated carbocycles. The van der Waals surface area contributed by atoms with E-state index in [4.69, 9.17) is 0 Å². The Hall–Kier alpha value is -3.03. The van der Waals surface area contributed by atoms with Gasteiger partial charge in [-0.1, -0.05) is 6.42 Å². The summed E-state index contributed by atoms with van der Waals surface area (Å²) in [6.45, 7) is 2.23. The average Bonchev–Trinajstić information content (AvgIpc) is 3.16. The van der Waals surface area contributed by atoms with E-state index in [0.29, 0.717) is 29.8 Å². The van der Waals surface area contributed by atoms with Crippen LogP contribution in [-0.4, -0.2) is 62.4 Å². The van der Waals surface area contributed by atoms with E-state index in [0.717, 1.165) is 55.2 Å². The number of carbonyl (C=O) groups is 3. The minimum atomic E-state index is -0.354. The Bertz CT molecular complexity index is 1040. The standard InChI is InChI=1S/C22H25N5O3/c1-25-21(29)16-9-8-14(12-17(16)22(25)30)20(28)26-10-5-6-15(13-26)19-24-23-18-7-3-2-4-11-27(18)19/h8-9,12,15H,2-7,10-11,13H2,1H3/t15-/m0/s1. The number of benzene rings is 1. The lowest BCUT2D eigenvalue weighted by Gasteiger charge is -2.32. The van der Waals surface area contributed by atoms with Crippen LogP contribution in [0.3, 0.4) is 0 Å². The van der Waals surface area contributed by atoms with Crippen LogP contribution in [0.2, 0.25) is 0 Å². The largest absolute Gasteiger partial charge is 0.338 e. The van der Waals surface area contributed by atoms with Crippen molar-refractivity contribution >= 4 is 17.7 Å². The Morgan fingerprint density at radius 2 is 1.83 bits per heavy atom. The molecule has 1 atom stereocenters. The fraction of sp³-hybridized carbons (Fsp3) is 0.500. The molecule has 0 spiro atoms. The van der Waals surface area contributed by atoms with Crippen molar-refractivity contribution in [3.63, 3.8) is 0 Å². The molecule has 0 bridgehead atoms. The Labute approximate surface area is 174 Å². The highest BCUT2D eigenvalue weighted by molar-refractivity contribution is 6.21. The van der Waals surface area contributed by atoms with Crippen LogP contribution in [0.25, 0.3) is 0 Å². The third-order valence-electron chi connectivity index (χ3n) is 6.55. The Kier molecular flexibility index (Phi) is 4.64. The van der Waals surface area contributed by atoms with Crippen LogP contribution < -0.4 is 0 Å². The molecule has 0 aliphatic carbocycles. The van der Waals surface area contributed by atoms with E-state index in [9.17, 15) is 14.4 Å². The van der Waals surface area contributed by atoms with Crippen molar-refractivity contribution in [2.75, 3.05) is 20.1 Å². The van der Waals surface area contributed by atoms with Gasteiger partial charge in [0.15, 0.2) is 0 Å². The second kappa shape index (κ2) is 7.34. The second-order valence-electron chi connectivity index (χ2n) is 8.46. The fourth-order valence-electron chi connectivity index (χ4n) is 4.86. The zero-order valence-corrected chi connectivity index (χ0v) is 17.1. The number of hydrogen-bond acceptors (Lipinski definition) is 5. The fourth-order valence-corrected chi connectivity index (χ4v) is 4.86. The van der Waals surface area contributed by atoms with E-state index in [1.807, 2.05) is 4.90 Å². The van der Waals surface area contributed by atoms with Gasteiger partial charge in [-0.05, 0) is 43.9 Å². The van der Waals surface area contributed by atoms with E-state index in [2.05, 4.69) is 14.8 Å². The molecule has 8 nitrogen and oxygen atoms in total. The monoisotopic (exact) mass is 407 g/mol. The summed E-state index contributed by atoms with van der Waals surface area (Å²) in [5.41, 5.74) is 1.12. The summed E-state index contributed by atoms with van der Waals surface area (Å²) < 4.78 is 2.27. The molecule has 4 heterocycles. The number of piperidine rings is 1. The summed E-state index contributed by atoms with van der Waals surface area (Å²) in [7, 11) is 1.46. The third kappa shape index (κ3) is 3.02. The van der Waals surface area contributed by atoms with Gasteiger partial charge >= 0.3 is 0 Å². The predicted molar refractivity (Wildman–Crippen MR) is 108 cm³/mol. The van der Waals surface area contributed by atoms with E-state index in [1.165, 1.54) is 13.5 Å². The highest BCUT2D eigenvalue weighted by Gasteiger charge is 2.35. The number of imide groups is 1. The van der Waals surface area contributed by atoms with E-state index in [1.54, 1.807) is 18.2 Å². The SMILES string of the molecule is CN1C(=O)c2ccc(C(=O)N3CCC[C@H](c4nnc5n4CCCCC5)C3)cc2C1=O. The van der Waals surface area contributed by atoms with Crippen LogP contribution in [0, 0.1) is 0 Å². The number of fused-ring (bicyclic) bond motifs is 2. The molecule has 3 amide bonds. The molecule has 2 aromatic rings. The van der Waals surface area contributed by atoms with Crippen molar-refractivity contribution in [2.45, 2.75) is 51.0 Å². The predicted octanol–water partition coefficient (Wildman–Crippen LogP) is 2.25. The first-order chi connectivity index (χ1) is 14.5. The third-order valence-corrected chi connectivity index (χ3v) is 6.55. The van der Waals surface area contributed by atoms with Crippen molar-refractivity contribution in [2.24, 2.45) is 0 Å². The first kappa shape index (κ1) is 19.0. The Morgan fingerprint density at radius 3 is 2.70 bits per heavy atom. The molecule has 156 valence electrons. The molecule has 30 heavy (non-hydrogen) atoms. The van der Waals surface area contributed by atoms with Gasteiger partial charge in [0.25, 0.3) is 17.7 Å². The molecule has 1 aromatic heterocycles. The molecule has 3 aliphatic heterocycles. The highest BCUT2D eigenvalue weighted by Crippen LogP contribution is 2.29. The second-order valence-corrected chi connectivity index (χ2v) is 8.46. The number of carbonyl (C=O) groups excluding carboxylic acids is 3. The minimum absolute atomic E-state index is 0.104. The van der Waals surface area contributed by atoms with Crippen LogP contribution in [0.4, 0.5) is 0 Å². The van der Waals surface area contributed by atoms with Gasteiger partial charge in [0.1, 0.15) is 11.6 Å². The average molecular weight is 407 g/mol. The molecular formula is C22H25N5O3. The smallest absolute Gasteiger partial charge is 0.261 e. The maximum Gasteiger partial charge on any atom is 0.261 e. The van der Waals surface area contributed by atoms with E-state index >= 15 is 0 Å². The van der Waals surface area contributed by atoms with E-state index in [-0.39, 0.29) is 23.6 Å². The highest BCUT2D eigenvalue weighted by atomic mass is 16.2. The quantitative estimate of drug-likeness (QED) is 0.713. The Balaban J connectivity index is 1.37. The summed E-state index contributed by atoms with van der Waals surface area (Å²) in [6.07, 6.45) is 6.38. The first-order valence-electron chi connectivity index (χ1n) is 10.7. The minimum Gasteiger partial charge on any atom is -0.338 e. The molecule has 0 radical (unpaired) electrons. The molecule has 1 saturated heterocycles. The lowest BCUT2D eigenvalue weighted by Crippen LogP contribution is -2.40. The van der Waals surface area contributed by atoms with Crippen molar-refractivity contribution in [1.29, 1.82) is 0 Å². The van der Waals surface area contributed by atoms with Gasteiger partial charge in [-0.3, -0.25) is 19.3 Å². The first-order valence-corrected chi connectivity index (χ1v) is 10.7. The van der Waals surface area contributed by atoms with E-state index < -0.39 is 0 Å². The van der Waals surface area contributed by atoms with Crippen molar-refractivity contribution in [1.82, 2.24) is 24.6 Å². The summed E-state index contributed by atoms with van der Waals surface area (Å²) in [4.78, 5) is 40.5. The van der Waals surface area contributed by atoms with Crippen molar-refractivity contribution in [3.05, 3.63) is 46.5 Å². The summed E-state index contributed by atoms with van der Waals surface area (Å²) in [5.74, 6) is 1.46. The molecule has 5 rings (SSSR count). The van der Waals surface area contributed by atoms with Gasteiger partial charge < -0.3 is 9.47 Å². The van der Waals surface area contributed by atoms with Crippen LogP contribution in [0.1, 0.15) is 80.7 Å². The van der Waals surface area contributed by atoms with Crippen LogP contribution in [0.15, 0.2) is 18.2 Å². The maximum absolute atomic E-state index is 13.2. The maximum atomic E-state index is 13.2. The number of hydrogen-bond donors (Lipinski definition) is 0. The molecule has 1 fully saturated rings. The number of nitrogens with zero attached hydrogens (tertiary/aromatic N) is 5. The summed E-state index contributed by atoms with van der Waals surface area (Å²) >= 11 is 0. The van der Waals surface area contributed by atoms with Gasteiger partial charge in [-0.15, -0.1) is 10.2 Å². The number of amides is 3. The van der Waals surface area contributed by atoms with Crippen LogP contribution in [-0.2, 0) is 13.0 Å². The Morgan fingerprint density at radius 1 is 1.00 bits per heavy atom. The number of aromatic nitrogens is 3. The van der Waals surface area contributed by atoms with Crippen LogP contribution >= 0.6 is 0 Å². The van der Waals surface area contributed by atoms with Crippen LogP contribution in [0.5, 0.6) is 0 Å². The van der Waals surface area contributed by atoms with Gasteiger partial charge in [0.05, 0.1) is 11.1 Å². The summed E-state index contributed by atoms with van der Waals surface area (Å²) in [5, 5.41) is 8.91. The molecule has 1 aromatic carbocycles. The lowest BCUT2D eigenvalue weighted by molar-refractivity contribution is 0.0689.